The van der Waals surface area contributed by atoms with Crippen LogP contribution in [0.3, 0.4) is 0 Å². The second kappa shape index (κ2) is 8.30. The Morgan fingerprint density at radius 3 is 2.83 bits per heavy atom. The van der Waals surface area contributed by atoms with Crippen LogP contribution >= 0.6 is 11.3 Å². The van der Waals surface area contributed by atoms with E-state index < -0.39 is 0 Å². The van der Waals surface area contributed by atoms with Crippen molar-refractivity contribution in [3.05, 3.63) is 17.8 Å². The molecule has 0 aliphatic carbocycles. The molecule has 0 aromatic carbocycles. The van der Waals surface area contributed by atoms with Crippen molar-refractivity contribution < 1.29 is 14.5 Å². The van der Waals surface area contributed by atoms with Crippen molar-refractivity contribution in [2.45, 2.75) is 37.8 Å². The zero-order chi connectivity index (χ0) is 20.7. The summed E-state index contributed by atoms with van der Waals surface area (Å²) in [6, 6.07) is 0.413. The number of thiophene rings is 1. The molecule has 3 aliphatic rings. The van der Waals surface area contributed by atoms with E-state index in [4.69, 9.17) is 0 Å². The van der Waals surface area contributed by atoms with Crippen LogP contribution in [0.15, 0.2) is 17.8 Å². The molecule has 3 fully saturated rings. The molecule has 0 spiro atoms. The van der Waals surface area contributed by atoms with Crippen LogP contribution < -0.4 is 10.2 Å². The molecule has 8 nitrogen and oxygen atoms in total. The van der Waals surface area contributed by atoms with Gasteiger partial charge in [-0.1, -0.05) is 0 Å². The molecular weight excluding hydrogens is 400 g/mol. The molecule has 0 saturated carbocycles. The van der Waals surface area contributed by atoms with Crippen molar-refractivity contribution in [3.63, 3.8) is 0 Å². The summed E-state index contributed by atoms with van der Waals surface area (Å²) in [4.78, 5) is 41.4. The molecule has 5 heterocycles. The predicted octanol–water partition coefficient (Wildman–Crippen LogP) is 0.230. The van der Waals surface area contributed by atoms with Crippen molar-refractivity contribution in [3.8, 4) is 0 Å². The topological polar surface area (TPSA) is 82.9 Å². The maximum absolute atomic E-state index is 13.1. The lowest BCUT2D eigenvalue weighted by atomic mass is 9.88. The molecule has 3 saturated heterocycles. The second-order valence-electron chi connectivity index (χ2n) is 8.85. The predicted molar refractivity (Wildman–Crippen MR) is 115 cm³/mol. The Bertz CT molecular complexity index is 940. The molecule has 30 heavy (non-hydrogen) atoms. The van der Waals surface area contributed by atoms with Crippen LogP contribution in [0.2, 0.25) is 0 Å². The fourth-order valence-electron chi connectivity index (χ4n) is 5.41. The van der Waals surface area contributed by atoms with Gasteiger partial charge in [0.2, 0.25) is 5.91 Å². The van der Waals surface area contributed by atoms with Crippen LogP contribution in [0.25, 0.3) is 10.3 Å². The number of amides is 2. The lowest BCUT2D eigenvalue weighted by Gasteiger charge is -2.32. The molecule has 0 radical (unpaired) electrons. The number of rotatable bonds is 5. The van der Waals surface area contributed by atoms with Crippen molar-refractivity contribution in [1.29, 1.82) is 0 Å². The minimum absolute atomic E-state index is 0.0249. The average molecular weight is 430 g/mol. The summed E-state index contributed by atoms with van der Waals surface area (Å²) in [6.45, 7) is 5.05. The van der Waals surface area contributed by atoms with Crippen LogP contribution in [-0.4, -0.2) is 83.4 Å². The SMILES string of the molecule is CN1CCN(CCC(=O)[NH+]2[C@H]3CC[C@@H]2[C@@H](C(=O)Nc2csc4nccnc24)C3)CC1. The minimum Gasteiger partial charge on any atom is -0.323 e. The van der Waals surface area contributed by atoms with E-state index in [0.29, 0.717) is 18.4 Å². The Balaban J connectivity index is 1.20. The summed E-state index contributed by atoms with van der Waals surface area (Å²) in [5.41, 5.74) is 1.48. The van der Waals surface area contributed by atoms with Crippen molar-refractivity contribution in [2.75, 3.05) is 45.1 Å². The fourth-order valence-corrected chi connectivity index (χ4v) is 6.20. The van der Waals surface area contributed by atoms with Crippen LogP contribution in [-0.2, 0) is 9.59 Å². The number of carbonyl (C=O) groups excluding carboxylic acids is 2. The quantitative estimate of drug-likeness (QED) is 0.708. The molecule has 2 aromatic heterocycles. The maximum Gasteiger partial charge on any atom is 0.313 e. The van der Waals surface area contributed by atoms with E-state index in [2.05, 4.69) is 32.1 Å². The average Bonchev–Trinajstić information content (AvgIpc) is 3.46. The number of fused-ring (bicyclic) bond motifs is 3. The van der Waals surface area contributed by atoms with E-state index in [1.54, 1.807) is 12.4 Å². The zero-order valence-corrected chi connectivity index (χ0v) is 18.2. The number of nitrogens with zero attached hydrogens (tertiary/aromatic N) is 4. The summed E-state index contributed by atoms with van der Waals surface area (Å²) in [5, 5.41) is 4.97. The highest BCUT2D eigenvalue weighted by Crippen LogP contribution is 2.32. The van der Waals surface area contributed by atoms with Gasteiger partial charge in [-0.15, -0.1) is 11.3 Å². The number of piperazine rings is 1. The molecule has 5 rings (SSSR count). The van der Waals surface area contributed by atoms with E-state index >= 15 is 0 Å². The first-order chi connectivity index (χ1) is 14.6. The standard InChI is InChI=1S/C21H28N6O2S/c1-25-8-10-26(11-9-25)7-4-18(28)27-14-2-3-17(27)15(12-14)20(29)24-16-13-30-21-19(16)22-5-6-23-21/h5-6,13-15,17H,2-4,7-12H2,1H3,(H,24,29)/p+1/t14-,15-,17+/m0/s1. The third kappa shape index (κ3) is 3.75. The summed E-state index contributed by atoms with van der Waals surface area (Å²) in [7, 11) is 2.14. The molecule has 1 unspecified atom stereocenters. The number of quaternary nitrogens is 1. The third-order valence-electron chi connectivity index (χ3n) is 7.07. The van der Waals surface area contributed by atoms with Crippen LogP contribution in [0.4, 0.5) is 5.69 Å². The van der Waals surface area contributed by atoms with Crippen molar-refractivity contribution in [1.82, 2.24) is 19.8 Å². The van der Waals surface area contributed by atoms with E-state index in [1.807, 2.05) is 5.38 Å². The summed E-state index contributed by atoms with van der Waals surface area (Å²) >= 11 is 1.48. The smallest absolute Gasteiger partial charge is 0.313 e. The summed E-state index contributed by atoms with van der Waals surface area (Å²) < 4.78 is 0. The first kappa shape index (κ1) is 20.0. The van der Waals surface area contributed by atoms with Crippen LogP contribution in [0.5, 0.6) is 0 Å². The van der Waals surface area contributed by atoms with E-state index in [0.717, 1.165) is 72.9 Å². The highest BCUT2D eigenvalue weighted by molar-refractivity contribution is 7.17. The number of hydrogen-bond donors (Lipinski definition) is 2. The van der Waals surface area contributed by atoms with Gasteiger partial charge >= 0.3 is 5.91 Å². The van der Waals surface area contributed by atoms with Gasteiger partial charge in [-0.25, -0.2) is 14.8 Å². The van der Waals surface area contributed by atoms with Gasteiger partial charge < -0.3 is 15.1 Å². The number of anilines is 1. The molecule has 9 heteroatoms. The number of nitrogens with one attached hydrogen (secondary N) is 2. The fraction of sp³-hybridized carbons (Fsp3) is 0.619. The Hall–Kier alpha value is -1.94. The van der Waals surface area contributed by atoms with E-state index in [9.17, 15) is 9.59 Å². The van der Waals surface area contributed by atoms with Gasteiger partial charge in [0.1, 0.15) is 16.4 Å². The van der Waals surface area contributed by atoms with E-state index in [-0.39, 0.29) is 17.9 Å². The molecule has 4 atom stereocenters. The van der Waals surface area contributed by atoms with E-state index in [1.165, 1.54) is 11.3 Å². The lowest BCUT2D eigenvalue weighted by Crippen LogP contribution is -3.17. The van der Waals surface area contributed by atoms with Crippen LogP contribution in [0.1, 0.15) is 25.7 Å². The van der Waals surface area contributed by atoms with Gasteiger partial charge in [0.25, 0.3) is 0 Å². The molecule has 2 aromatic rings. The van der Waals surface area contributed by atoms with Gasteiger partial charge in [-0.05, 0) is 7.05 Å². The van der Waals surface area contributed by atoms with Crippen LogP contribution in [0, 0.1) is 5.92 Å². The number of carbonyl (C=O) groups is 2. The van der Waals surface area contributed by atoms with Gasteiger partial charge in [0.15, 0.2) is 0 Å². The number of aromatic nitrogens is 2. The lowest BCUT2D eigenvalue weighted by molar-refractivity contribution is -0.845. The summed E-state index contributed by atoms with van der Waals surface area (Å²) in [5.74, 6) is 0.221. The molecule has 3 aliphatic heterocycles. The highest BCUT2D eigenvalue weighted by Gasteiger charge is 2.55. The third-order valence-corrected chi connectivity index (χ3v) is 7.94. The highest BCUT2D eigenvalue weighted by atomic mass is 32.1. The first-order valence-electron chi connectivity index (χ1n) is 10.9. The Morgan fingerprint density at radius 2 is 2.00 bits per heavy atom. The molecule has 160 valence electrons. The normalized spacial score (nSPS) is 29.5. The largest absolute Gasteiger partial charge is 0.323 e. The molecule has 2 bridgehead atoms. The molecular formula is C21H29N6O2S+. The minimum atomic E-state index is -0.0991. The van der Waals surface area contributed by atoms with Gasteiger partial charge in [-0.2, -0.15) is 0 Å². The number of hydrogen-bond acceptors (Lipinski definition) is 7. The second-order valence-corrected chi connectivity index (χ2v) is 9.70. The maximum atomic E-state index is 13.1. The van der Waals surface area contributed by atoms with Gasteiger partial charge in [0.05, 0.1) is 24.1 Å². The molecule has 2 N–H and O–H groups in total. The monoisotopic (exact) mass is 429 g/mol. The van der Waals surface area contributed by atoms with Crippen molar-refractivity contribution in [2.24, 2.45) is 5.92 Å². The number of likely N-dealkylation sites (N-methyl/N-ethyl adjacent to an activating group) is 1. The first-order valence-corrected chi connectivity index (χ1v) is 11.8. The van der Waals surface area contributed by atoms with Crippen molar-refractivity contribution >= 4 is 39.2 Å². The van der Waals surface area contributed by atoms with Gasteiger partial charge in [-0.3, -0.25) is 9.69 Å². The Morgan fingerprint density at radius 1 is 1.20 bits per heavy atom. The van der Waals surface area contributed by atoms with Gasteiger partial charge in [0, 0.05) is 69.8 Å². The zero-order valence-electron chi connectivity index (χ0n) is 17.3. The Labute approximate surface area is 180 Å². The summed E-state index contributed by atoms with van der Waals surface area (Å²) in [6.07, 6.45) is 6.72. The molecule has 2 amide bonds. The Kier molecular flexibility index (Phi) is 5.53.